The number of nitriles is 1. The van der Waals surface area contributed by atoms with Crippen LogP contribution in [0.2, 0.25) is 0 Å². The van der Waals surface area contributed by atoms with E-state index in [4.69, 9.17) is 10.00 Å². The molecule has 18 heavy (non-hydrogen) atoms. The van der Waals surface area contributed by atoms with E-state index in [9.17, 15) is 4.39 Å². The van der Waals surface area contributed by atoms with E-state index >= 15 is 0 Å². The van der Waals surface area contributed by atoms with Crippen LogP contribution in [0.3, 0.4) is 0 Å². The Morgan fingerprint density at radius 2 is 2.17 bits per heavy atom. The van der Waals surface area contributed by atoms with Crippen LogP contribution in [-0.2, 0) is 0 Å². The number of benzene rings is 1. The summed E-state index contributed by atoms with van der Waals surface area (Å²) in [6.45, 7) is 4.05. The number of ether oxygens (including phenoxy) is 1. The van der Waals surface area contributed by atoms with Crippen molar-refractivity contribution in [1.29, 1.82) is 5.26 Å². The predicted octanol–water partition coefficient (Wildman–Crippen LogP) is 3.40. The van der Waals surface area contributed by atoms with E-state index in [-0.39, 0.29) is 5.75 Å². The first-order valence-electron chi connectivity index (χ1n) is 5.68. The van der Waals surface area contributed by atoms with Crippen molar-refractivity contribution in [3.05, 3.63) is 41.3 Å². The van der Waals surface area contributed by atoms with Crippen LogP contribution in [0.5, 0.6) is 5.75 Å². The number of aromatic nitrogens is 1. The quantitative estimate of drug-likeness (QED) is 0.899. The van der Waals surface area contributed by atoms with Gasteiger partial charge in [0.05, 0.1) is 12.2 Å². The Kier molecular flexibility index (Phi) is 3.33. The van der Waals surface area contributed by atoms with E-state index in [2.05, 4.69) is 11.1 Å². The number of rotatable bonds is 3. The molecule has 0 fully saturated rings. The van der Waals surface area contributed by atoms with Gasteiger partial charge in [0.2, 0.25) is 0 Å². The Morgan fingerprint density at radius 1 is 1.39 bits per heavy atom. The molecule has 0 atom stereocenters. The molecule has 0 bridgehead atoms. The van der Waals surface area contributed by atoms with Gasteiger partial charge in [0.25, 0.3) is 0 Å². The zero-order valence-electron chi connectivity index (χ0n) is 10.2. The molecule has 1 aromatic carbocycles. The van der Waals surface area contributed by atoms with Crippen LogP contribution in [0, 0.1) is 24.1 Å². The maximum atomic E-state index is 13.7. The highest BCUT2D eigenvalue weighted by Gasteiger charge is 2.09. The Hall–Kier alpha value is -2.28. The van der Waals surface area contributed by atoms with Gasteiger partial charge in [-0.2, -0.15) is 5.26 Å². The number of H-pyrrole nitrogens is 1. The van der Waals surface area contributed by atoms with Gasteiger partial charge in [-0.05, 0) is 38.1 Å². The maximum absolute atomic E-state index is 13.7. The summed E-state index contributed by atoms with van der Waals surface area (Å²) >= 11 is 0. The lowest BCUT2D eigenvalue weighted by molar-refractivity contribution is 0.321. The van der Waals surface area contributed by atoms with Crippen molar-refractivity contribution in [2.75, 3.05) is 6.61 Å². The fourth-order valence-electron chi connectivity index (χ4n) is 1.77. The third-order valence-corrected chi connectivity index (χ3v) is 2.68. The van der Waals surface area contributed by atoms with E-state index in [1.807, 2.05) is 6.92 Å². The summed E-state index contributed by atoms with van der Waals surface area (Å²) in [5.74, 6) is -0.162. The van der Waals surface area contributed by atoms with Crippen LogP contribution < -0.4 is 4.74 Å². The number of aryl methyl sites for hydroxylation is 1. The first-order chi connectivity index (χ1) is 8.65. The van der Waals surface area contributed by atoms with Gasteiger partial charge in [0.15, 0.2) is 11.6 Å². The molecule has 1 N–H and O–H groups in total. The van der Waals surface area contributed by atoms with Gasteiger partial charge in [-0.15, -0.1) is 0 Å². The summed E-state index contributed by atoms with van der Waals surface area (Å²) in [4.78, 5) is 3.06. The number of hydrogen-bond donors (Lipinski definition) is 1. The molecule has 1 heterocycles. The number of nitrogens with one attached hydrogen (secondary N) is 1. The third kappa shape index (κ3) is 2.21. The summed E-state index contributed by atoms with van der Waals surface area (Å²) < 4.78 is 18.8. The molecule has 1 aromatic heterocycles. The topological polar surface area (TPSA) is 48.8 Å². The summed E-state index contributed by atoms with van der Waals surface area (Å²) in [6.07, 6.45) is 0. The molecule has 0 aliphatic heterocycles. The Balaban J connectivity index is 2.39. The van der Waals surface area contributed by atoms with Crippen LogP contribution in [-0.4, -0.2) is 11.6 Å². The molecular formula is C14H13FN2O. The molecule has 0 saturated heterocycles. The van der Waals surface area contributed by atoms with Crippen molar-refractivity contribution in [1.82, 2.24) is 4.98 Å². The highest BCUT2D eigenvalue weighted by molar-refractivity contribution is 5.64. The van der Waals surface area contributed by atoms with Crippen molar-refractivity contribution in [2.45, 2.75) is 13.8 Å². The molecule has 0 aliphatic rings. The number of hydrogen-bond acceptors (Lipinski definition) is 2. The van der Waals surface area contributed by atoms with Crippen molar-refractivity contribution in [3.8, 4) is 23.1 Å². The van der Waals surface area contributed by atoms with Crippen LogP contribution in [0.25, 0.3) is 11.3 Å². The largest absolute Gasteiger partial charge is 0.491 e. The minimum absolute atomic E-state index is 0.241. The summed E-state index contributed by atoms with van der Waals surface area (Å²) in [5, 5.41) is 8.88. The molecule has 0 unspecified atom stereocenters. The van der Waals surface area contributed by atoms with Crippen LogP contribution in [0.1, 0.15) is 18.2 Å². The zero-order chi connectivity index (χ0) is 13.1. The molecule has 92 valence electrons. The lowest BCUT2D eigenvalue weighted by Gasteiger charge is -2.05. The molecule has 0 radical (unpaired) electrons. The van der Waals surface area contributed by atoms with E-state index in [1.165, 1.54) is 6.07 Å². The van der Waals surface area contributed by atoms with Gasteiger partial charge in [-0.3, -0.25) is 0 Å². The Bertz CT molecular complexity index is 611. The first kappa shape index (κ1) is 12.2. The smallest absolute Gasteiger partial charge is 0.165 e. The van der Waals surface area contributed by atoms with Crippen molar-refractivity contribution < 1.29 is 9.13 Å². The van der Waals surface area contributed by atoms with Gasteiger partial charge in [-0.25, -0.2) is 4.39 Å². The summed E-state index contributed by atoms with van der Waals surface area (Å²) in [7, 11) is 0. The van der Waals surface area contributed by atoms with Crippen molar-refractivity contribution in [3.63, 3.8) is 0 Å². The van der Waals surface area contributed by atoms with Gasteiger partial charge in [0.1, 0.15) is 6.07 Å². The maximum Gasteiger partial charge on any atom is 0.165 e. The van der Waals surface area contributed by atoms with E-state index in [1.54, 1.807) is 25.1 Å². The molecule has 0 amide bonds. The predicted molar refractivity (Wildman–Crippen MR) is 66.8 cm³/mol. The number of nitrogens with zero attached hydrogens (tertiary/aromatic N) is 1. The average Bonchev–Trinajstić information content (AvgIpc) is 2.73. The van der Waals surface area contributed by atoms with Crippen LogP contribution in [0.4, 0.5) is 4.39 Å². The second kappa shape index (κ2) is 4.92. The fraction of sp³-hybridized carbons (Fsp3) is 0.214. The average molecular weight is 244 g/mol. The standard InChI is InChI=1S/C14H13FN2O/c1-3-18-14-5-4-10(6-12(14)15)13-7-11(8-16)9(2)17-13/h4-7,17H,3H2,1-2H3. The normalized spacial score (nSPS) is 10.1. The van der Waals surface area contributed by atoms with Gasteiger partial charge in [-0.1, -0.05) is 0 Å². The van der Waals surface area contributed by atoms with Crippen LogP contribution >= 0.6 is 0 Å². The number of halogens is 1. The van der Waals surface area contributed by atoms with Gasteiger partial charge >= 0.3 is 0 Å². The lowest BCUT2D eigenvalue weighted by Crippen LogP contribution is -1.94. The Labute approximate surface area is 105 Å². The molecule has 2 rings (SSSR count). The van der Waals surface area contributed by atoms with Gasteiger partial charge < -0.3 is 9.72 Å². The molecular weight excluding hydrogens is 231 g/mol. The molecule has 2 aromatic rings. The van der Waals surface area contributed by atoms with Crippen molar-refractivity contribution >= 4 is 0 Å². The first-order valence-corrected chi connectivity index (χ1v) is 5.68. The van der Waals surface area contributed by atoms with E-state index < -0.39 is 5.82 Å². The number of aromatic amines is 1. The fourth-order valence-corrected chi connectivity index (χ4v) is 1.77. The highest BCUT2D eigenvalue weighted by atomic mass is 19.1. The highest BCUT2D eigenvalue weighted by Crippen LogP contribution is 2.26. The minimum atomic E-state index is -0.403. The molecule has 0 saturated carbocycles. The van der Waals surface area contributed by atoms with Crippen LogP contribution in [0.15, 0.2) is 24.3 Å². The lowest BCUT2D eigenvalue weighted by atomic mass is 10.1. The molecule has 0 spiro atoms. The molecule has 3 nitrogen and oxygen atoms in total. The van der Waals surface area contributed by atoms with Gasteiger partial charge in [0, 0.05) is 17.0 Å². The molecule has 4 heteroatoms. The second-order valence-corrected chi connectivity index (χ2v) is 3.91. The van der Waals surface area contributed by atoms with E-state index in [0.29, 0.717) is 17.7 Å². The summed E-state index contributed by atoms with van der Waals surface area (Å²) in [5.41, 5.74) is 2.77. The van der Waals surface area contributed by atoms with Crippen molar-refractivity contribution in [2.24, 2.45) is 0 Å². The third-order valence-electron chi connectivity index (χ3n) is 2.68. The molecule has 0 aliphatic carbocycles. The summed E-state index contributed by atoms with van der Waals surface area (Å²) in [6, 6.07) is 8.55. The SMILES string of the molecule is CCOc1ccc(-c2cc(C#N)c(C)[nH]2)cc1F. The Morgan fingerprint density at radius 3 is 2.72 bits per heavy atom. The minimum Gasteiger partial charge on any atom is -0.491 e. The second-order valence-electron chi connectivity index (χ2n) is 3.91. The monoisotopic (exact) mass is 244 g/mol. The zero-order valence-corrected chi connectivity index (χ0v) is 10.2. The van der Waals surface area contributed by atoms with E-state index in [0.717, 1.165) is 11.4 Å².